The summed E-state index contributed by atoms with van der Waals surface area (Å²) in [6, 6.07) is 8.37. The lowest BCUT2D eigenvalue weighted by molar-refractivity contribution is 0.0789. The number of aromatic nitrogens is 1. The molecule has 3 rings (SSSR count). The van der Waals surface area contributed by atoms with Crippen molar-refractivity contribution >= 4 is 10.9 Å². The Bertz CT molecular complexity index is 500. The zero-order chi connectivity index (χ0) is 12.2. The van der Waals surface area contributed by atoms with E-state index < -0.39 is 0 Å². The normalized spacial score (nSPS) is 20.3. The minimum atomic E-state index is 0.684. The van der Waals surface area contributed by atoms with Crippen molar-refractivity contribution in [2.45, 2.75) is 19.4 Å². The molecule has 1 aliphatic rings. The molecule has 3 heteroatoms. The van der Waals surface area contributed by atoms with Gasteiger partial charge in [0.2, 0.25) is 0 Å². The van der Waals surface area contributed by atoms with Gasteiger partial charge in [-0.15, -0.1) is 0 Å². The molecule has 3 nitrogen and oxygen atoms in total. The third kappa shape index (κ3) is 2.57. The molecule has 0 bridgehead atoms. The third-order valence-electron chi connectivity index (χ3n) is 3.68. The Kier molecular flexibility index (Phi) is 3.62. The summed E-state index contributed by atoms with van der Waals surface area (Å²) in [4.78, 5) is 3.28. The van der Waals surface area contributed by atoms with Crippen LogP contribution in [0.3, 0.4) is 0 Å². The average Bonchev–Trinajstić information content (AvgIpc) is 2.84. The molecular weight excluding hydrogens is 224 g/mol. The van der Waals surface area contributed by atoms with Crippen molar-refractivity contribution in [3.8, 4) is 0 Å². The predicted octanol–water partition coefficient (Wildman–Crippen LogP) is 2.68. The Morgan fingerprint density at radius 2 is 2.22 bits per heavy atom. The molecule has 2 N–H and O–H groups in total. The molecule has 0 amide bonds. The second kappa shape index (κ2) is 5.55. The monoisotopic (exact) mass is 244 g/mol. The molecule has 0 saturated carbocycles. The first-order valence-corrected chi connectivity index (χ1v) is 6.77. The maximum absolute atomic E-state index is 5.87. The van der Waals surface area contributed by atoms with E-state index >= 15 is 0 Å². The summed E-state index contributed by atoms with van der Waals surface area (Å²) < 4.78 is 5.87. The van der Waals surface area contributed by atoms with Crippen molar-refractivity contribution in [3.05, 3.63) is 36.0 Å². The molecule has 96 valence electrons. The highest BCUT2D eigenvalue weighted by Crippen LogP contribution is 2.19. The van der Waals surface area contributed by atoms with Crippen LogP contribution in [0.5, 0.6) is 0 Å². The van der Waals surface area contributed by atoms with Crippen LogP contribution in [0.15, 0.2) is 30.5 Å². The van der Waals surface area contributed by atoms with E-state index in [0.29, 0.717) is 12.5 Å². The number of piperidine rings is 1. The Balaban J connectivity index is 1.56. The molecule has 0 radical (unpaired) electrons. The fourth-order valence-corrected chi connectivity index (χ4v) is 2.65. The van der Waals surface area contributed by atoms with Crippen molar-refractivity contribution < 1.29 is 4.74 Å². The van der Waals surface area contributed by atoms with Gasteiger partial charge in [-0.2, -0.15) is 0 Å². The van der Waals surface area contributed by atoms with Crippen LogP contribution in [0.4, 0.5) is 0 Å². The average molecular weight is 244 g/mol. The van der Waals surface area contributed by atoms with E-state index in [1.807, 2.05) is 0 Å². The molecule has 1 atom stereocenters. The van der Waals surface area contributed by atoms with Gasteiger partial charge in [0, 0.05) is 29.2 Å². The van der Waals surface area contributed by atoms with E-state index in [1.54, 1.807) is 0 Å². The van der Waals surface area contributed by atoms with Crippen molar-refractivity contribution in [2.75, 3.05) is 19.7 Å². The minimum absolute atomic E-state index is 0.684. The van der Waals surface area contributed by atoms with Gasteiger partial charge >= 0.3 is 0 Å². The molecule has 1 aromatic heterocycles. The number of para-hydroxylation sites is 1. The molecule has 0 spiro atoms. The van der Waals surface area contributed by atoms with Crippen LogP contribution in [0.25, 0.3) is 10.9 Å². The predicted molar refractivity (Wildman–Crippen MR) is 73.5 cm³/mol. The highest BCUT2D eigenvalue weighted by atomic mass is 16.5. The lowest BCUT2D eigenvalue weighted by Gasteiger charge is -2.22. The largest absolute Gasteiger partial charge is 0.376 e. The van der Waals surface area contributed by atoms with Crippen LogP contribution in [-0.4, -0.2) is 24.7 Å². The Morgan fingerprint density at radius 1 is 1.28 bits per heavy atom. The Labute approximate surface area is 108 Å². The van der Waals surface area contributed by atoms with Crippen LogP contribution in [-0.2, 0) is 11.3 Å². The summed E-state index contributed by atoms with van der Waals surface area (Å²) >= 11 is 0. The van der Waals surface area contributed by atoms with E-state index in [2.05, 4.69) is 40.8 Å². The van der Waals surface area contributed by atoms with Crippen molar-refractivity contribution in [1.29, 1.82) is 0 Å². The smallest absolute Gasteiger partial charge is 0.0737 e. The Morgan fingerprint density at radius 3 is 3.11 bits per heavy atom. The van der Waals surface area contributed by atoms with Gasteiger partial charge in [-0.05, 0) is 31.4 Å². The molecule has 1 unspecified atom stereocenters. The van der Waals surface area contributed by atoms with E-state index in [9.17, 15) is 0 Å². The number of rotatable bonds is 4. The summed E-state index contributed by atoms with van der Waals surface area (Å²) in [6.45, 7) is 3.85. The topological polar surface area (TPSA) is 37.0 Å². The summed E-state index contributed by atoms with van der Waals surface area (Å²) in [7, 11) is 0. The lowest BCUT2D eigenvalue weighted by atomic mass is 10.0. The first kappa shape index (κ1) is 11.8. The van der Waals surface area contributed by atoms with E-state index in [0.717, 1.165) is 13.2 Å². The fourth-order valence-electron chi connectivity index (χ4n) is 2.65. The second-order valence-electron chi connectivity index (χ2n) is 5.09. The minimum Gasteiger partial charge on any atom is -0.376 e. The molecule has 1 aliphatic heterocycles. The molecule has 1 fully saturated rings. The number of aromatic amines is 1. The number of H-pyrrole nitrogens is 1. The fraction of sp³-hybridized carbons (Fsp3) is 0.467. The summed E-state index contributed by atoms with van der Waals surface area (Å²) in [5.41, 5.74) is 2.45. The van der Waals surface area contributed by atoms with Crippen LogP contribution in [0.2, 0.25) is 0 Å². The maximum atomic E-state index is 5.87. The molecule has 1 saturated heterocycles. The van der Waals surface area contributed by atoms with Crippen molar-refractivity contribution in [1.82, 2.24) is 10.3 Å². The van der Waals surface area contributed by atoms with Crippen LogP contribution < -0.4 is 5.32 Å². The van der Waals surface area contributed by atoms with Gasteiger partial charge in [-0.1, -0.05) is 18.2 Å². The van der Waals surface area contributed by atoms with Gasteiger partial charge in [0.05, 0.1) is 13.2 Å². The summed E-state index contributed by atoms with van der Waals surface area (Å²) in [5.74, 6) is 0.684. The highest BCUT2D eigenvalue weighted by molar-refractivity contribution is 5.82. The zero-order valence-electron chi connectivity index (χ0n) is 10.6. The van der Waals surface area contributed by atoms with E-state index in [4.69, 9.17) is 4.74 Å². The summed E-state index contributed by atoms with van der Waals surface area (Å²) in [5, 5.41) is 4.70. The quantitative estimate of drug-likeness (QED) is 0.867. The Hall–Kier alpha value is -1.32. The zero-order valence-corrected chi connectivity index (χ0v) is 10.6. The summed E-state index contributed by atoms with van der Waals surface area (Å²) in [6.07, 6.45) is 4.63. The first-order chi connectivity index (χ1) is 8.93. The molecule has 2 heterocycles. The first-order valence-electron chi connectivity index (χ1n) is 6.77. The van der Waals surface area contributed by atoms with Crippen LogP contribution in [0, 0.1) is 5.92 Å². The van der Waals surface area contributed by atoms with Gasteiger partial charge in [-0.25, -0.2) is 0 Å². The van der Waals surface area contributed by atoms with Gasteiger partial charge < -0.3 is 15.0 Å². The van der Waals surface area contributed by atoms with Gasteiger partial charge in [0.25, 0.3) is 0 Å². The van der Waals surface area contributed by atoms with Crippen molar-refractivity contribution in [2.24, 2.45) is 5.92 Å². The van der Waals surface area contributed by atoms with E-state index in [-0.39, 0.29) is 0 Å². The number of benzene rings is 1. The number of fused-ring (bicyclic) bond motifs is 1. The standard InChI is InChI=1S/C15H20N2O/c1-2-6-15-14(5-1)13(9-17-15)11-18-10-12-4-3-7-16-8-12/h1-2,5-6,9,12,16-17H,3-4,7-8,10-11H2. The second-order valence-corrected chi connectivity index (χ2v) is 5.09. The molecular formula is C15H20N2O. The SMILES string of the molecule is c1ccc2c(COCC3CCCNC3)c[nH]c2c1. The molecule has 18 heavy (non-hydrogen) atoms. The number of nitrogens with one attached hydrogen (secondary N) is 2. The third-order valence-corrected chi connectivity index (χ3v) is 3.68. The van der Waals surface area contributed by atoms with E-state index in [1.165, 1.54) is 35.9 Å². The number of hydrogen-bond acceptors (Lipinski definition) is 2. The van der Waals surface area contributed by atoms with Gasteiger partial charge in [0.15, 0.2) is 0 Å². The van der Waals surface area contributed by atoms with Crippen LogP contribution in [0.1, 0.15) is 18.4 Å². The van der Waals surface area contributed by atoms with Crippen LogP contribution >= 0.6 is 0 Å². The number of ether oxygens (including phenoxy) is 1. The number of hydrogen-bond donors (Lipinski definition) is 2. The van der Waals surface area contributed by atoms with Gasteiger partial charge in [-0.3, -0.25) is 0 Å². The molecule has 1 aromatic carbocycles. The van der Waals surface area contributed by atoms with Gasteiger partial charge in [0.1, 0.15) is 0 Å². The molecule has 0 aliphatic carbocycles. The maximum Gasteiger partial charge on any atom is 0.0737 e. The lowest BCUT2D eigenvalue weighted by Crippen LogP contribution is -2.32. The highest BCUT2D eigenvalue weighted by Gasteiger charge is 2.13. The molecule has 2 aromatic rings. The van der Waals surface area contributed by atoms with Crippen molar-refractivity contribution in [3.63, 3.8) is 0 Å².